The minimum atomic E-state index is -0.851. The topological polar surface area (TPSA) is 79.3 Å². The molecule has 1 aliphatic carbocycles. The van der Waals surface area contributed by atoms with Gasteiger partial charge < -0.3 is 5.11 Å². The molecule has 1 amide bonds. The largest absolute Gasteiger partial charge is 0.481 e. The Morgan fingerprint density at radius 2 is 2.05 bits per heavy atom. The first-order chi connectivity index (χ1) is 10.0. The number of hydrogen-bond acceptors (Lipinski definition) is 4. The first-order valence-electron chi connectivity index (χ1n) is 6.65. The molecule has 1 atom stereocenters. The SMILES string of the molecule is Cc1ccc(C(=O)Nc2nc3c(s2)CC[C@@H]3C(=O)O)cc1. The molecule has 1 aromatic carbocycles. The van der Waals surface area contributed by atoms with Gasteiger partial charge >= 0.3 is 5.97 Å². The number of fused-ring (bicyclic) bond motifs is 1. The standard InChI is InChI=1S/C15H14N2O3S/c1-8-2-4-9(5-3-8)13(18)17-15-16-12-10(14(19)20)6-7-11(12)21-15/h2-5,10H,6-7H2,1H3,(H,19,20)(H,16,17,18)/t10-/m0/s1. The van der Waals surface area contributed by atoms with Crippen molar-refractivity contribution >= 4 is 28.3 Å². The Kier molecular flexibility index (Phi) is 3.47. The van der Waals surface area contributed by atoms with Crippen molar-refractivity contribution in [3.8, 4) is 0 Å². The third-order valence-corrected chi connectivity index (χ3v) is 4.60. The molecule has 0 spiro atoms. The lowest BCUT2D eigenvalue weighted by Gasteiger charge is -2.03. The summed E-state index contributed by atoms with van der Waals surface area (Å²) in [6.45, 7) is 1.96. The van der Waals surface area contributed by atoms with Gasteiger partial charge in [-0.1, -0.05) is 17.7 Å². The Balaban J connectivity index is 1.77. The zero-order chi connectivity index (χ0) is 15.0. The van der Waals surface area contributed by atoms with Crippen LogP contribution in [0.1, 0.15) is 38.8 Å². The number of rotatable bonds is 3. The summed E-state index contributed by atoms with van der Waals surface area (Å²) in [7, 11) is 0. The minimum absolute atomic E-state index is 0.228. The van der Waals surface area contributed by atoms with Crippen molar-refractivity contribution in [2.24, 2.45) is 0 Å². The predicted molar refractivity (Wildman–Crippen MR) is 79.9 cm³/mol. The zero-order valence-electron chi connectivity index (χ0n) is 11.4. The molecule has 3 rings (SSSR count). The number of carbonyl (C=O) groups is 2. The molecular weight excluding hydrogens is 288 g/mol. The first-order valence-corrected chi connectivity index (χ1v) is 7.46. The number of thiazole rings is 1. The summed E-state index contributed by atoms with van der Waals surface area (Å²) in [5.41, 5.74) is 2.25. The Hall–Kier alpha value is -2.21. The van der Waals surface area contributed by atoms with E-state index in [0.717, 1.165) is 10.4 Å². The lowest BCUT2D eigenvalue weighted by Crippen LogP contribution is -2.13. The molecular formula is C15H14N2O3S. The third kappa shape index (κ3) is 2.67. The van der Waals surface area contributed by atoms with Crippen LogP contribution in [0, 0.1) is 6.92 Å². The van der Waals surface area contributed by atoms with Crippen LogP contribution in [0.4, 0.5) is 5.13 Å². The van der Waals surface area contributed by atoms with Crippen LogP contribution in [-0.4, -0.2) is 22.0 Å². The monoisotopic (exact) mass is 302 g/mol. The highest BCUT2D eigenvalue weighted by atomic mass is 32.1. The second-order valence-electron chi connectivity index (χ2n) is 5.08. The Labute approximate surface area is 125 Å². The second kappa shape index (κ2) is 5.29. The van der Waals surface area contributed by atoms with Gasteiger partial charge in [-0.15, -0.1) is 11.3 Å². The number of aromatic nitrogens is 1. The van der Waals surface area contributed by atoms with Crippen LogP contribution in [0.5, 0.6) is 0 Å². The molecule has 0 bridgehead atoms. The van der Waals surface area contributed by atoms with Gasteiger partial charge in [-0.3, -0.25) is 14.9 Å². The van der Waals surface area contributed by atoms with E-state index in [9.17, 15) is 9.59 Å². The molecule has 1 aromatic heterocycles. The number of anilines is 1. The number of carboxylic acid groups (broad SMARTS) is 1. The highest BCUT2D eigenvalue weighted by Gasteiger charge is 2.32. The molecule has 108 valence electrons. The summed E-state index contributed by atoms with van der Waals surface area (Å²) >= 11 is 1.36. The normalized spacial score (nSPS) is 16.5. The van der Waals surface area contributed by atoms with Crippen LogP contribution in [0.2, 0.25) is 0 Å². The van der Waals surface area contributed by atoms with Gasteiger partial charge in [0.15, 0.2) is 5.13 Å². The van der Waals surface area contributed by atoms with Crippen molar-refractivity contribution in [3.63, 3.8) is 0 Å². The molecule has 2 N–H and O–H groups in total. The Bertz CT molecular complexity index is 706. The Morgan fingerprint density at radius 3 is 2.71 bits per heavy atom. The van der Waals surface area contributed by atoms with E-state index >= 15 is 0 Å². The Morgan fingerprint density at radius 1 is 1.33 bits per heavy atom. The molecule has 1 heterocycles. The van der Waals surface area contributed by atoms with Crippen LogP contribution in [0.3, 0.4) is 0 Å². The van der Waals surface area contributed by atoms with E-state index in [-0.39, 0.29) is 5.91 Å². The molecule has 1 aliphatic rings. The number of carboxylic acids is 1. The summed E-state index contributed by atoms with van der Waals surface area (Å²) in [4.78, 5) is 28.5. The van der Waals surface area contributed by atoms with E-state index in [2.05, 4.69) is 10.3 Å². The van der Waals surface area contributed by atoms with Crippen molar-refractivity contribution in [1.29, 1.82) is 0 Å². The van der Waals surface area contributed by atoms with Crippen LogP contribution in [0.15, 0.2) is 24.3 Å². The molecule has 0 radical (unpaired) electrons. The number of hydrogen-bond donors (Lipinski definition) is 2. The lowest BCUT2D eigenvalue weighted by atomic mass is 10.1. The highest BCUT2D eigenvalue weighted by molar-refractivity contribution is 7.16. The molecule has 5 nitrogen and oxygen atoms in total. The number of aliphatic carboxylic acids is 1. The zero-order valence-corrected chi connectivity index (χ0v) is 12.2. The van der Waals surface area contributed by atoms with Crippen LogP contribution in [0.25, 0.3) is 0 Å². The summed E-state index contributed by atoms with van der Waals surface area (Å²) in [6.07, 6.45) is 1.31. The van der Waals surface area contributed by atoms with Gasteiger partial charge in [-0.2, -0.15) is 0 Å². The van der Waals surface area contributed by atoms with Crippen molar-refractivity contribution in [1.82, 2.24) is 4.98 Å². The maximum atomic E-state index is 12.1. The molecule has 0 saturated heterocycles. The fraction of sp³-hybridized carbons (Fsp3) is 0.267. The van der Waals surface area contributed by atoms with Crippen molar-refractivity contribution in [3.05, 3.63) is 46.0 Å². The fourth-order valence-electron chi connectivity index (χ4n) is 2.40. The van der Waals surface area contributed by atoms with Gasteiger partial charge in [0.25, 0.3) is 5.91 Å². The van der Waals surface area contributed by atoms with Crippen LogP contribution in [-0.2, 0) is 11.2 Å². The number of carbonyl (C=O) groups excluding carboxylic acids is 1. The molecule has 0 saturated carbocycles. The van der Waals surface area contributed by atoms with Crippen molar-refractivity contribution in [2.45, 2.75) is 25.7 Å². The molecule has 21 heavy (non-hydrogen) atoms. The summed E-state index contributed by atoms with van der Waals surface area (Å²) in [6, 6.07) is 7.26. The molecule has 0 aliphatic heterocycles. The van der Waals surface area contributed by atoms with Gasteiger partial charge in [-0.25, -0.2) is 4.98 Å². The van der Waals surface area contributed by atoms with Gasteiger partial charge in [0, 0.05) is 10.4 Å². The first kappa shape index (κ1) is 13.8. The van der Waals surface area contributed by atoms with E-state index in [4.69, 9.17) is 5.11 Å². The highest BCUT2D eigenvalue weighted by Crippen LogP contribution is 2.38. The average Bonchev–Trinajstić information content (AvgIpc) is 2.98. The van der Waals surface area contributed by atoms with E-state index in [0.29, 0.717) is 29.2 Å². The van der Waals surface area contributed by atoms with Gasteiger partial charge in [0.1, 0.15) is 5.92 Å². The molecule has 6 heteroatoms. The molecule has 0 fully saturated rings. The second-order valence-corrected chi connectivity index (χ2v) is 6.16. The maximum absolute atomic E-state index is 12.1. The van der Waals surface area contributed by atoms with E-state index in [1.807, 2.05) is 19.1 Å². The van der Waals surface area contributed by atoms with Crippen LogP contribution < -0.4 is 5.32 Å². The number of nitrogens with one attached hydrogen (secondary N) is 1. The summed E-state index contributed by atoms with van der Waals surface area (Å²) in [5.74, 6) is -1.62. The third-order valence-electron chi connectivity index (χ3n) is 3.55. The predicted octanol–water partition coefficient (Wildman–Crippen LogP) is 2.82. The van der Waals surface area contributed by atoms with Gasteiger partial charge in [-0.05, 0) is 31.9 Å². The van der Waals surface area contributed by atoms with Crippen molar-refractivity contribution < 1.29 is 14.7 Å². The minimum Gasteiger partial charge on any atom is -0.481 e. The average molecular weight is 302 g/mol. The maximum Gasteiger partial charge on any atom is 0.312 e. The summed E-state index contributed by atoms with van der Waals surface area (Å²) < 4.78 is 0. The smallest absolute Gasteiger partial charge is 0.312 e. The van der Waals surface area contributed by atoms with E-state index in [1.165, 1.54) is 11.3 Å². The van der Waals surface area contributed by atoms with Crippen molar-refractivity contribution in [2.75, 3.05) is 5.32 Å². The molecule has 0 unspecified atom stereocenters. The lowest BCUT2D eigenvalue weighted by molar-refractivity contribution is -0.138. The number of aryl methyl sites for hydroxylation is 2. The molecule has 2 aromatic rings. The number of nitrogens with zero attached hydrogens (tertiary/aromatic N) is 1. The van der Waals surface area contributed by atoms with Crippen LogP contribution >= 0.6 is 11.3 Å². The fourth-order valence-corrected chi connectivity index (χ4v) is 3.43. The quantitative estimate of drug-likeness (QED) is 0.913. The number of benzene rings is 1. The van der Waals surface area contributed by atoms with Gasteiger partial charge in [0.2, 0.25) is 0 Å². The number of amides is 1. The van der Waals surface area contributed by atoms with Gasteiger partial charge in [0.05, 0.1) is 5.69 Å². The van der Waals surface area contributed by atoms with E-state index < -0.39 is 11.9 Å². The van der Waals surface area contributed by atoms with E-state index in [1.54, 1.807) is 12.1 Å². The summed E-state index contributed by atoms with van der Waals surface area (Å²) in [5, 5.41) is 12.3.